The molecule has 0 aromatic heterocycles. The number of hydrogen-bond acceptors (Lipinski definition) is 13. The molecular formula is C16H28BNO15P3S2. The van der Waals surface area contributed by atoms with Crippen LogP contribution in [0.25, 0.3) is 0 Å². The summed E-state index contributed by atoms with van der Waals surface area (Å²) in [6.45, 7) is 0.767. The lowest BCUT2D eigenvalue weighted by atomic mass is 9.71. The third kappa shape index (κ3) is 17.3. The van der Waals surface area contributed by atoms with Gasteiger partial charge in [0.1, 0.15) is 18.5 Å². The summed E-state index contributed by atoms with van der Waals surface area (Å²) in [7, 11) is -12.4. The maximum absolute atomic E-state index is 12.0. The van der Waals surface area contributed by atoms with E-state index in [4.69, 9.17) is 25.4 Å². The number of Topliss-reactive ketones (excluding diaryl/α,β-unsaturated/α-hetero) is 1. The minimum absolute atomic E-state index is 0.000151. The van der Waals surface area contributed by atoms with Crippen LogP contribution < -0.4 is 5.32 Å². The van der Waals surface area contributed by atoms with Crippen molar-refractivity contribution in [3.63, 3.8) is 0 Å². The van der Waals surface area contributed by atoms with Crippen molar-refractivity contribution in [1.29, 1.82) is 0 Å². The minimum Gasteiger partial charge on any atom is -0.449 e. The summed E-state index contributed by atoms with van der Waals surface area (Å²) in [6, 6.07) is -0.673. The van der Waals surface area contributed by atoms with E-state index in [1.165, 1.54) is 35.8 Å². The first-order valence-corrected chi connectivity index (χ1v) is 17.4. The van der Waals surface area contributed by atoms with E-state index in [1.807, 2.05) is 0 Å². The van der Waals surface area contributed by atoms with Gasteiger partial charge in [0.15, 0.2) is 0 Å². The second-order valence-electron chi connectivity index (χ2n) is 7.11. The van der Waals surface area contributed by atoms with Crippen molar-refractivity contribution in [1.82, 2.24) is 5.32 Å². The number of rotatable bonds is 17. The highest BCUT2D eigenvalue weighted by Gasteiger charge is 2.43. The molecule has 38 heavy (non-hydrogen) atoms. The van der Waals surface area contributed by atoms with Crippen molar-refractivity contribution < 1.29 is 71.6 Å². The number of amides is 1. The van der Waals surface area contributed by atoms with E-state index in [-0.39, 0.29) is 44.6 Å². The lowest BCUT2D eigenvalue weighted by Gasteiger charge is -2.21. The summed E-state index contributed by atoms with van der Waals surface area (Å²) < 4.78 is 69.3. The van der Waals surface area contributed by atoms with Crippen LogP contribution in [0.2, 0.25) is 0 Å². The number of ketones is 1. The number of carbonyl (C=O) groups excluding carboxylic acids is 2. The largest absolute Gasteiger partial charge is 0.490 e. The van der Waals surface area contributed by atoms with E-state index in [2.05, 4.69) is 30.2 Å². The van der Waals surface area contributed by atoms with Gasteiger partial charge >= 0.3 is 29.6 Å². The number of nitrogens with one attached hydrogen (secondary N) is 1. The van der Waals surface area contributed by atoms with Gasteiger partial charge in [-0.15, -0.1) is 0 Å². The molecule has 1 heterocycles. The van der Waals surface area contributed by atoms with Crippen LogP contribution in [0.1, 0.15) is 21.1 Å². The van der Waals surface area contributed by atoms with Gasteiger partial charge in [-0.2, -0.15) is 14.4 Å². The Kier molecular flexibility index (Phi) is 15.5. The number of phosphoric ester groups is 1. The third-order valence-electron chi connectivity index (χ3n) is 4.01. The van der Waals surface area contributed by atoms with E-state index in [0.29, 0.717) is 5.75 Å². The molecule has 1 amide bonds. The van der Waals surface area contributed by atoms with Crippen LogP contribution >= 0.6 is 45.1 Å². The highest BCUT2D eigenvalue weighted by Crippen LogP contribution is 2.66. The molecule has 5 atom stereocenters. The Balaban J connectivity index is 2.59. The maximum atomic E-state index is 12.0. The van der Waals surface area contributed by atoms with Crippen LogP contribution in [0.3, 0.4) is 0 Å². The fourth-order valence-corrected chi connectivity index (χ4v) is 6.46. The zero-order valence-corrected chi connectivity index (χ0v) is 24.2. The van der Waals surface area contributed by atoms with Crippen LogP contribution in [-0.2, 0) is 45.8 Å². The molecule has 0 aromatic carbocycles. The molecule has 0 bridgehead atoms. The summed E-state index contributed by atoms with van der Waals surface area (Å²) in [5.41, 5.74) is 0. The molecule has 217 valence electrons. The van der Waals surface area contributed by atoms with Crippen LogP contribution in [0.5, 0.6) is 0 Å². The van der Waals surface area contributed by atoms with Gasteiger partial charge in [0, 0.05) is 19.5 Å². The third-order valence-corrected chi connectivity index (χ3v) is 9.31. The van der Waals surface area contributed by atoms with Crippen molar-refractivity contribution in [3.8, 4) is 11.7 Å². The summed E-state index contributed by atoms with van der Waals surface area (Å²) in [5.74, 6) is 5.71. The van der Waals surface area contributed by atoms with Gasteiger partial charge in [-0.3, -0.25) is 9.32 Å². The Morgan fingerprint density at radius 3 is 2.58 bits per heavy atom. The predicted molar refractivity (Wildman–Crippen MR) is 137 cm³/mol. The Morgan fingerprint density at radius 2 is 1.92 bits per heavy atom. The molecule has 1 aliphatic rings. The van der Waals surface area contributed by atoms with Gasteiger partial charge in [0.25, 0.3) is 7.28 Å². The molecule has 22 heteroatoms. The fourth-order valence-electron chi connectivity index (χ4n) is 2.60. The Bertz CT molecular complexity index is 1010. The lowest BCUT2D eigenvalue weighted by Crippen LogP contribution is -2.29. The maximum Gasteiger partial charge on any atom is 0.490 e. The average molecular weight is 643 g/mol. The second kappa shape index (κ2) is 17.4. The quantitative estimate of drug-likeness (QED) is 0.0493. The molecule has 0 aliphatic carbocycles. The Morgan fingerprint density at radius 1 is 1.18 bits per heavy atom. The van der Waals surface area contributed by atoms with Crippen molar-refractivity contribution in [3.05, 3.63) is 0 Å². The zero-order chi connectivity index (χ0) is 29.5. The van der Waals surface area contributed by atoms with Gasteiger partial charge in [-0.05, 0) is 19.6 Å². The molecule has 5 N–H and O–H groups in total. The fraction of sp³-hybridized carbons (Fsp3) is 0.750. The highest BCUT2D eigenvalue weighted by molar-refractivity contribution is 8.76. The van der Waals surface area contributed by atoms with Crippen LogP contribution in [-0.4, -0.2) is 95.3 Å². The topological polar surface area (TPSA) is 234 Å². The summed E-state index contributed by atoms with van der Waals surface area (Å²) in [4.78, 5) is 58.8. The van der Waals surface area contributed by atoms with Gasteiger partial charge < -0.3 is 39.1 Å². The molecular weight excluding hydrogens is 614 g/mol. The molecule has 1 aliphatic heterocycles. The Hall–Kier alpha value is -0.405. The van der Waals surface area contributed by atoms with Crippen LogP contribution in [0.15, 0.2) is 0 Å². The number of ether oxygens (including phenoxy) is 3. The zero-order valence-electron chi connectivity index (χ0n) is 20.9. The molecule has 1 saturated heterocycles. The molecule has 0 spiro atoms. The van der Waals surface area contributed by atoms with E-state index < -0.39 is 54.4 Å². The molecule has 0 saturated carbocycles. The standard InChI is InChI=1S/C16H28BNO15P3S2/c1-12(19)4-7-28-13-10-15(17-5-3-6-18-16(20)29-8-9-38-37-2)31-14(13)11-30-35(24,25)33-36(26,27)32-34(21,22)23/h13-15H,4,6-11H2,1-2H3,(H,18,20)(H,24,25)(H,26,27)(H2,21,22,23)/t13?,14-,15-/m1/s1/i2D. The molecule has 1 radical (unpaired) electrons. The van der Waals surface area contributed by atoms with Gasteiger partial charge in [0.05, 0.1) is 25.9 Å². The summed E-state index contributed by atoms with van der Waals surface area (Å²) in [6.07, 6.45) is -2.00. The van der Waals surface area contributed by atoms with E-state index in [9.17, 15) is 33.1 Å². The first-order valence-electron chi connectivity index (χ1n) is 11.1. The van der Waals surface area contributed by atoms with E-state index in [0.717, 1.165) is 0 Å². The van der Waals surface area contributed by atoms with E-state index in [1.54, 1.807) is 0 Å². The van der Waals surface area contributed by atoms with Gasteiger partial charge in [-0.25, -0.2) is 18.5 Å². The Labute approximate surface area is 229 Å². The predicted octanol–water partition coefficient (Wildman–Crippen LogP) is 1.21. The van der Waals surface area contributed by atoms with Gasteiger partial charge in [0.2, 0.25) is 0 Å². The second-order valence-corrected chi connectivity index (χ2v) is 13.8. The first-order chi connectivity index (χ1) is 18.1. The summed E-state index contributed by atoms with van der Waals surface area (Å²) >= 11 is 0. The van der Waals surface area contributed by atoms with Crippen molar-refractivity contribution in [2.24, 2.45) is 0 Å². The molecule has 1 fully saturated rings. The molecule has 1 rings (SSSR count). The number of alkyl carbamates (subject to hydrolysis) is 1. The highest BCUT2D eigenvalue weighted by atomic mass is 33.1. The summed E-state index contributed by atoms with van der Waals surface area (Å²) in [5, 5.41) is 2.42. The average Bonchev–Trinajstić information content (AvgIpc) is 3.16. The minimum atomic E-state index is -5.68. The number of phosphoric acid groups is 3. The number of carbonyl (C=O) groups is 2. The van der Waals surface area contributed by atoms with Crippen LogP contribution in [0.4, 0.5) is 4.79 Å². The van der Waals surface area contributed by atoms with Crippen LogP contribution in [0, 0.1) is 11.7 Å². The van der Waals surface area contributed by atoms with Crippen molar-refractivity contribution in [2.75, 3.05) is 38.4 Å². The lowest BCUT2D eigenvalue weighted by molar-refractivity contribution is -0.119. The molecule has 3 unspecified atom stereocenters. The molecule has 16 nitrogen and oxygen atoms in total. The van der Waals surface area contributed by atoms with E-state index >= 15 is 0 Å². The molecule has 0 aromatic rings. The van der Waals surface area contributed by atoms with Gasteiger partial charge in [-0.1, -0.05) is 27.5 Å². The van der Waals surface area contributed by atoms with Crippen molar-refractivity contribution in [2.45, 2.75) is 38.0 Å². The van der Waals surface area contributed by atoms with Crippen molar-refractivity contribution >= 4 is 64.2 Å². The monoisotopic (exact) mass is 643 g/mol. The first kappa shape index (κ1) is 33.8. The SMILES string of the molecule is [2H]CSSCCOC(=O)NCC#C[B][C@H]1CC(OCCC(C)=O)[C@@H](COP(=O)(O)OP(=O)(O)OP(=O)(O)O)O1. The smallest absolute Gasteiger partial charge is 0.449 e. The normalized spacial score (nSPS) is 22.8. The number of hydrogen-bond donors (Lipinski definition) is 5.